The highest BCUT2D eigenvalue weighted by Crippen LogP contribution is 2.09. The van der Waals surface area contributed by atoms with Crippen molar-refractivity contribution in [2.24, 2.45) is 11.8 Å². The second kappa shape index (κ2) is 10.8. The van der Waals surface area contributed by atoms with Crippen LogP contribution in [-0.4, -0.2) is 82.3 Å². The molecule has 2 rings (SSSR count). The molecule has 2 unspecified atom stereocenters. The Balaban J connectivity index is 1.59. The summed E-state index contributed by atoms with van der Waals surface area (Å²) in [6, 6.07) is 0. The summed E-state index contributed by atoms with van der Waals surface area (Å²) in [6.45, 7) is 9.25. The maximum atomic E-state index is 12.0. The third-order valence-electron chi connectivity index (χ3n) is 4.34. The summed E-state index contributed by atoms with van der Waals surface area (Å²) in [7, 11) is -0.334. The van der Waals surface area contributed by atoms with Gasteiger partial charge in [0.15, 0.2) is 0 Å². The first-order chi connectivity index (χ1) is 12.1. The van der Waals surface area contributed by atoms with E-state index in [9.17, 15) is 9.59 Å². The third kappa shape index (κ3) is 7.31. The van der Waals surface area contributed by atoms with Gasteiger partial charge in [0.25, 0.3) is 11.9 Å². The van der Waals surface area contributed by atoms with Crippen molar-refractivity contribution >= 4 is 19.6 Å². The van der Waals surface area contributed by atoms with E-state index in [4.69, 9.17) is 18.8 Å². The lowest BCUT2D eigenvalue weighted by Crippen LogP contribution is -2.39. The van der Waals surface area contributed by atoms with E-state index in [-0.39, 0.29) is 31.5 Å². The Morgan fingerprint density at radius 3 is 1.72 bits per heavy atom. The molecule has 2 atom stereocenters. The van der Waals surface area contributed by atoms with Crippen LogP contribution in [0.3, 0.4) is 0 Å². The number of hydrogen-bond donors (Lipinski definition) is 0. The molecule has 0 spiro atoms. The number of carbonyl (C=O) groups is 2. The lowest BCUT2D eigenvalue weighted by atomic mass is 10.1. The van der Waals surface area contributed by atoms with Crippen molar-refractivity contribution in [2.45, 2.75) is 26.7 Å². The molecular formula is C16H29BN2O6. The first kappa shape index (κ1) is 20.2. The number of carbonyl (C=O) groups excluding carboxylic acids is 2. The minimum absolute atomic E-state index is 0.289. The van der Waals surface area contributed by atoms with Crippen LogP contribution in [0.5, 0.6) is 0 Å². The summed E-state index contributed by atoms with van der Waals surface area (Å²) in [5, 5.41) is 0. The van der Waals surface area contributed by atoms with E-state index in [0.29, 0.717) is 26.6 Å². The van der Waals surface area contributed by atoms with Crippen molar-refractivity contribution in [1.82, 2.24) is 9.80 Å². The second-order valence-electron chi connectivity index (χ2n) is 6.78. The van der Waals surface area contributed by atoms with Gasteiger partial charge in [-0.1, -0.05) is 13.8 Å². The van der Waals surface area contributed by atoms with E-state index in [1.54, 1.807) is 13.8 Å². The van der Waals surface area contributed by atoms with Crippen LogP contribution in [0.2, 0.25) is 0 Å². The maximum Gasteiger partial charge on any atom is 0.580 e. The van der Waals surface area contributed by atoms with Crippen molar-refractivity contribution < 1.29 is 28.4 Å². The van der Waals surface area contributed by atoms with Gasteiger partial charge in [-0.2, -0.15) is 0 Å². The third-order valence-corrected chi connectivity index (χ3v) is 4.34. The SMILES string of the molecule is CC(CN1CCCOC1)C(=O)OBOC(=O)C(C)CN1CCCOC1. The molecule has 2 aliphatic rings. The Morgan fingerprint density at radius 2 is 1.36 bits per heavy atom. The molecule has 25 heavy (non-hydrogen) atoms. The fourth-order valence-corrected chi connectivity index (χ4v) is 2.94. The van der Waals surface area contributed by atoms with Crippen LogP contribution in [0.25, 0.3) is 0 Å². The largest absolute Gasteiger partial charge is 0.580 e. The number of nitrogens with zero attached hydrogens (tertiary/aromatic N) is 2. The quantitative estimate of drug-likeness (QED) is 0.562. The van der Waals surface area contributed by atoms with Crippen molar-refractivity contribution in [2.75, 3.05) is 52.9 Å². The Bertz CT molecular complexity index is 389. The van der Waals surface area contributed by atoms with Crippen molar-refractivity contribution in [3.05, 3.63) is 0 Å². The molecule has 2 fully saturated rings. The molecule has 2 saturated heterocycles. The molecule has 0 aliphatic carbocycles. The van der Waals surface area contributed by atoms with Crippen LogP contribution in [0.4, 0.5) is 0 Å². The minimum Gasteiger partial charge on any atom is -0.502 e. The predicted molar refractivity (Wildman–Crippen MR) is 91.7 cm³/mol. The second-order valence-corrected chi connectivity index (χ2v) is 6.78. The average Bonchev–Trinajstić information content (AvgIpc) is 2.63. The summed E-state index contributed by atoms with van der Waals surface area (Å²) in [4.78, 5) is 28.1. The van der Waals surface area contributed by atoms with E-state index in [0.717, 1.165) is 39.1 Å². The van der Waals surface area contributed by atoms with E-state index < -0.39 is 0 Å². The van der Waals surface area contributed by atoms with Gasteiger partial charge in [-0.25, -0.2) is 0 Å². The normalized spacial score (nSPS) is 22.0. The summed E-state index contributed by atoms with van der Waals surface area (Å²) < 4.78 is 20.8. The zero-order chi connectivity index (χ0) is 18.1. The van der Waals surface area contributed by atoms with Gasteiger partial charge in [0.2, 0.25) is 0 Å². The van der Waals surface area contributed by atoms with E-state index in [1.807, 2.05) is 0 Å². The summed E-state index contributed by atoms with van der Waals surface area (Å²) >= 11 is 0. The fraction of sp³-hybridized carbons (Fsp3) is 0.875. The van der Waals surface area contributed by atoms with E-state index in [2.05, 4.69) is 9.80 Å². The Kier molecular flexibility index (Phi) is 8.67. The van der Waals surface area contributed by atoms with Crippen LogP contribution in [0.15, 0.2) is 0 Å². The van der Waals surface area contributed by atoms with Crippen molar-refractivity contribution in [1.29, 1.82) is 0 Å². The van der Waals surface area contributed by atoms with Crippen molar-refractivity contribution in [3.8, 4) is 0 Å². The van der Waals surface area contributed by atoms with Crippen molar-refractivity contribution in [3.63, 3.8) is 0 Å². The Hall–Kier alpha value is -1.16. The first-order valence-electron chi connectivity index (χ1n) is 8.99. The molecule has 0 N–H and O–H groups in total. The van der Waals surface area contributed by atoms with Gasteiger partial charge in [0, 0.05) is 39.4 Å². The fourth-order valence-electron chi connectivity index (χ4n) is 2.94. The van der Waals surface area contributed by atoms with Gasteiger partial charge in [-0.15, -0.1) is 0 Å². The topological polar surface area (TPSA) is 77.5 Å². The zero-order valence-corrected chi connectivity index (χ0v) is 15.3. The summed E-state index contributed by atoms with van der Waals surface area (Å²) in [5.41, 5.74) is 0. The predicted octanol–water partition coefficient (Wildman–Crippen LogP) is -0.0289. The molecule has 0 aromatic carbocycles. The number of ether oxygens (including phenoxy) is 2. The lowest BCUT2D eigenvalue weighted by Gasteiger charge is -2.28. The van der Waals surface area contributed by atoms with Gasteiger partial charge >= 0.3 is 7.69 Å². The molecule has 0 saturated carbocycles. The molecule has 0 radical (unpaired) electrons. The van der Waals surface area contributed by atoms with Gasteiger partial charge in [0.1, 0.15) is 0 Å². The van der Waals surface area contributed by atoms with Gasteiger partial charge < -0.3 is 18.8 Å². The molecular weight excluding hydrogens is 327 g/mol. The summed E-state index contributed by atoms with van der Waals surface area (Å²) in [5.74, 6) is -1.31. The lowest BCUT2D eigenvalue weighted by molar-refractivity contribution is -0.145. The molecule has 142 valence electrons. The van der Waals surface area contributed by atoms with Crippen LogP contribution >= 0.6 is 0 Å². The highest BCUT2D eigenvalue weighted by molar-refractivity contribution is 6.26. The molecule has 8 nitrogen and oxygen atoms in total. The molecule has 0 aromatic heterocycles. The number of rotatable bonds is 8. The standard InChI is InChI=1S/C16H29BN2O6/c1-13(9-18-5-3-7-22-11-18)15(20)24-17-25-16(21)14(2)10-19-6-4-8-23-12-19/h13-14,17H,3-12H2,1-2H3. The van der Waals surface area contributed by atoms with E-state index >= 15 is 0 Å². The zero-order valence-electron chi connectivity index (χ0n) is 15.3. The monoisotopic (exact) mass is 356 g/mol. The minimum atomic E-state index is -0.365. The van der Waals surface area contributed by atoms with Crippen LogP contribution < -0.4 is 0 Å². The van der Waals surface area contributed by atoms with Gasteiger partial charge in [0.05, 0.1) is 25.3 Å². The van der Waals surface area contributed by atoms with Crippen LogP contribution in [0.1, 0.15) is 26.7 Å². The molecule has 2 aliphatic heterocycles. The highest BCUT2D eigenvalue weighted by atomic mass is 16.6. The summed E-state index contributed by atoms with van der Waals surface area (Å²) in [6.07, 6.45) is 1.94. The molecule has 0 bridgehead atoms. The van der Waals surface area contributed by atoms with Crippen LogP contribution in [0, 0.1) is 11.8 Å². The van der Waals surface area contributed by atoms with Gasteiger partial charge in [-0.3, -0.25) is 19.4 Å². The highest BCUT2D eigenvalue weighted by Gasteiger charge is 2.23. The molecule has 0 aromatic rings. The maximum absolute atomic E-state index is 12.0. The molecule has 9 heteroatoms. The molecule has 0 amide bonds. The van der Waals surface area contributed by atoms with Gasteiger partial charge in [-0.05, 0) is 12.8 Å². The number of hydrogen-bond acceptors (Lipinski definition) is 8. The first-order valence-corrected chi connectivity index (χ1v) is 8.99. The van der Waals surface area contributed by atoms with E-state index in [1.165, 1.54) is 0 Å². The average molecular weight is 356 g/mol. The Morgan fingerprint density at radius 1 is 0.920 bits per heavy atom. The van der Waals surface area contributed by atoms with Crippen LogP contribution in [-0.2, 0) is 28.4 Å². The smallest absolute Gasteiger partial charge is 0.502 e. The Labute approximate surface area is 150 Å². The molecule has 2 heterocycles.